The predicted molar refractivity (Wildman–Crippen MR) is 66.0 cm³/mol. The normalized spacial score (nSPS) is 20.5. The second-order valence-corrected chi connectivity index (χ2v) is 4.66. The average molecular weight is 271 g/mol. The number of hydrogen-bond donors (Lipinski definition) is 2. The maximum absolute atomic E-state index is 5.87. The molecule has 15 heavy (non-hydrogen) atoms. The maximum Gasteiger partial charge on any atom is 0.0748 e. The van der Waals surface area contributed by atoms with Crippen LogP contribution in [0.3, 0.4) is 0 Å². The third-order valence-corrected chi connectivity index (χ3v) is 3.05. The molecular weight excluding hydrogens is 256 g/mol. The highest BCUT2D eigenvalue weighted by Gasteiger charge is 2.15. The molecule has 0 aromatic heterocycles. The smallest absolute Gasteiger partial charge is 0.0748 e. The number of ether oxygens (including phenoxy) is 1. The lowest BCUT2D eigenvalue weighted by Gasteiger charge is -2.13. The standard InChI is InChI=1S/C11H15BrN2O/c12-8-3-4-11(10(13)6-8)14-7-9-2-1-5-15-9/h3-4,6,9,14H,1-2,5,7,13H2. The molecule has 4 heteroatoms. The van der Waals surface area contributed by atoms with Crippen LogP contribution >= 0.6 is 15.9 Å². The van der Waals surface area contributed by atoms with Crippen molar-refractivity contribution in [2.24, 2.45) is 0 Å². The molecule has 1 saturated heterocycles. The van der Waals surface area contributed by atoms with E-state index in [1.54, 1.807) is 0 Å². The molecule has 2 rings (SSSR count). The molecule has 1 aliphatic heterocycles. The molecule has 3 N–H and O–H groups in total. The quantitative estimate of drug-likeness (QED) is 0.831. The summed E-state index contributed by atoms with van der Waals surface area (Å²) >= 11 is 3.38. The zero-order chi connectivity index (χ0) is 10.7. The van der Waals surface area contributed by atoms with Gasteiger partial charge in [0.1, 0.15) is 0 Å². The average Bonchev–Trinajstić information content (AvgIpc) is 2.69. The third-order valence-electron chi connectivity index (χ3n) is 2.56. The molecule has 1 aliphatic rings. The molecule has 1 aromatic rings. The minimum Gasteiger partial charge on any atom is -0.397 e. The monoisotopic (exact) mass is 270 g/mol. The lowest BCUT2D eigenvalue weighted by molar-refractivity contribution is 0.120. The predicted octanol–water partition coefficient (Wildman–Crippen LogP) is 2.62. The molecule has 1 unspecified atom stereocenters. The van der Waals surface area contributed by atoms with Crippen LogP contribution in [-0.2, 0) is 4.74 Å². The molecule has 0 bridgehead atoms. The lowest BCUT2D eigenvalue weighted by atomic mass is 10.2. The number of nitrogen functional groups attached to an aromatic ring is 1. The van der Waals surface area contributed by atoms with E-state index < -0.39 is 0 Å². The molecule has 82 valence electrons. The van der Waals surface area contributed by atoms with Gasteiger partial charge in [0, 0.05) is 17.6 Å². The van der Waals surface area contributed by atoms with E-state index >= 15 is 0 Å². The second kappa shape index (κ2) is 4.86. The summed E-state index contributed by atoms with van der Waals surface area (Å²) in [5, 5.41) is 3.31. The molecule has 1 atom stereocenters. The van der Waals surface area contributed by atoms with Crippen molar-refractivity contribution in [1.29, 1.82) is 0 Å². The van der Waals surface area contributed by atoms with E-state index in [0.717, 1.165) is 35.4 Å². The first kappa shape index (κ1) is 10.8. The Hall–Kier alpha value is -0.740. The van der Waals surface area contributed by atoms with Crippen LogP contribution in [0, 0.1) is 0 Å². The van der Waals surface area contributed by atoms with Gasteiger partial charge in [-0.1, -0.05) is 15.9 Å². The fraction of sp³-hybridized carbons (Fsp3) is 0.455. The summed E-state index contributed by atoms with van der Waals surface area (Å²) in [6.45, 7) is 1.73. The van der Waals surface area contributed by atoms with Gasteiger partial charge >= 0.3 is 0 Å². The number of halogens is 1. The van der Waals surface area contributed by atoms with Gasteiger partial charge in [0.2, 0.25) is 0 Å². The van der Waals surface area contributed by atoms with Crippen LogP contribution in [0.4, 0.5) is 11.4 Å². The van der Waals surface area contributed by atoms with Gasteiger partial charge < -0.3 is 15.8 Å². The van der Waals surface area contributed by atoms with Gasteiger partial charge in [0.25, 0.3) is 0 Å². The summed E-state index contributed by atoms with van der Waals surface area (Å²) < 4.78 is 6.53. The highest BCUT2D eigenvalue weighted by Crippen LogP contribution is 2.23. The lowest BCUT2D eigenvalue weighted by Crippen LogP contribution is -2.18. The van der Waals surface area contributed by atoms with E-state index in [2.05, 4.69) is 21.2 Å². The van der Waals surface area contributed by atoms with Crippen molar-refractivity contribution in [1.82, 2.24) is 0 Å². The number of benzene rings is 1. The molecular formula is C11H15BrN2O. The van der Waals surface area contributed by atoms with Crippen LogP contribution in [0.15, 0.2) is 22.7 Å². The summed E-state index contributed by atoms with van der Waals surface area (Å²) in [5.41, 5.74) is 7.62. The van der Waals surface area contributed by atoms with Gasteiger partial charge in [-0.2, -0.15) is 0 Å². The van der Waals surface area contributed by atoms with Crippen molar-refractivity contribution in [3.63, 3.8) is 0 Å². The summed E-state index contributed by atoms with van der Waals surface area (Å²) in [6, 6.07) is 5.86. The molecule has 0 radical (unpaired) electrons. The second-order valence-electron chi connectivity index (χ2n) is 3.75. The van der Waals surface area contributed by atoms with E-state index in [1.807, 2.05) is 18.2 Å². The fourth-order valence-electron chi connectivity index (χ4n) is 1.72. The maximum atomic E-state index is 5.87. The third kappa shape index (κ3) is 2.86. The Bertz CT molecular complexity index is 337. The first-order valence-electron chi connectivity index (χ1n) is 5.16. The Morgan fingerprint density at radius 2 is 2.40 bits per heavy atom. The number of nitrogens with two attached hydrogens (primary N) is 1. The van der Waals surface area contributed by atoms with Gasteiger partial charge in [0.05, 0.1) is 17.5 Å². The van der Waals surface area contributed by atoms with Crippen molar-refractivity contribution in [3.05, 3.63) is 22.7 Å². The van der Waals surface area contributed by atoms with Crippen molar-refractivity contribution in [2.75, 3.05) is 24.2 Å². The summed E-state index contributed by atoms with van der Waals surface area (Å²) in [7, 11) is 0. The summed E-state index contributed by atoms with van der Waals surface area (Å²) in [4.78, 5) is 0. The molecule has 0 saturated carbocycles. The highest BCUT2D eigenvalue weighted by atomic mass is 79.9. The number of hydrogen-bond acceptors (Lipinski definition) is 3. The van der Waals surface area contributed by atoms with Crippen molar-refractivity contribution in [3.8, 4) is 0 Å². The van der Waals surface area contributed by atoms with Gasteiger partial charge in [-0.25, -0.2) is 0 Å². The molecule has 1 heterocycles. The summed E-state index contributed by atoms with van der Waals surface area (Å²) in [5.74, 6) is 0. The fourth-order valence-corrected chi connectivity index (χ4v) is 2.10. The van der Waals surface area contributed by atoms with E-state index in [-0.39, 0.29) is 0 Å². The Morgan fingerprint density at radius 3 is 3.07 bits per heavy atom. The van der Waals surface area contributed by atoms with Crippen LogP contribution in [0.2, 0.25) is 0 Å². The van der Waals surface area contributed by atoms with Crippen LogP contribution in [0.5, 0.6) is 0 Å². The molecule has 3 nitrogen and oxygen atoms in total. The highest BCUT2D eigenvalue weighted by molar-refractivity contribution is 9.10. The molecule has 1 aromatic carbocycles. The van der Waals surface area contributed by atoms with E-state index in [1.165, 1.54) is 6.42 Å². The largest absolute Gasteiger partial charge is 0.397 e. The van der Waals surface area contributed by atoms with Crippen LogP contribution in [-0.4, -0.2) is 19.3 Å². The van der Waals surface area contributed by atoms with Crippen molar-refractivity contribution < 1.29 is 4.74 Å². The van der Waals surface area contributed by atoms with E-state index in [9.17, 15) is 0 Å². The van der Waals surface area contributed by atoms with E-state index in [4.69, 9.17) is 10.5 Å². The number of anilines is 2. The molecule has 1 fully saturated rings. The Morgan fingerprint density at radius 1 is 1.53 bits per heavy atom. The minimum atomic E-state index is 0.341. The number of nitrogens with one attached hydrogen (secondary N) is 1. The van der Waals surface area contributed by atoms with Crippen LogP contribution in [0.25, 0.3) is 0 Å². The topological polar surface area (TPSA) is 47.3 Å². The minimum absolute atomic E-state index is 0.341. The Kier molecular flexibility index (Phi) is 3.49. The van der Waals surface area contributed by atoms with Crippen LogP contribution in [0.1, 0.15) is 12.8 Å². The van der Waals surface area contributed by atoms with Crippen LogP contribution < -0.4 is 11.1 Å². The van der Waals surface area contributed by atoms with Crippen molar-refractivity contribution >= 4 is 27.3 Å². The first-order chi connectivity index (χ1) is 7.25. The summed E-state index contributed by atoms with van der Waals surface area (Å²) in [6.07, 6.45) is 2.65. The zero-order valence-corrected chi connectivity index (χ0v) is 10.1. The zero-order valence-electron chi connectivity index (χ0n) is 8.50. The van der Waals surface area contributed by atoms with Crippen molar-refractivity contribution in [2.45, 2.75) is 18.9 Å². The molecule has 0 amide bonds. The molecule has 0 spiro atoms. The van der Waals surface area contributed by atoms with Gasteiger partial charge in [-0.3, -0.25) is 0 Å². The van der Waals surface area contributed by atoms with Gasteiger partial charge in [-0.05, 0) is 31.0 Å². The number of rotatable bonds is 3. The Balaban J connectivity index is 1.92. The van der Waals surface area contributed by atoms with Gasteiger partial charge in [-0.15, -0.1) is 0 Å². The SMILES string of the molecule is Nc1cc(Br)ccc1NCC1CCCO1. The van der Waals surface area contributed by atoms with Gasteiger partial charge in [0.15, 0.2) is 0 Å². The molecule has 0 aliphatic carbocycles. The Labute approximate surface area is 98.1 Å². The first-order valence-corrected chi connectivity index (χ1v) is 5.95. The van der Waals surface area contributed by atoms with E-state index in [0.29, 0.717) is 6.10 Å².